The Kier molecular flexibility index (Phi) is 14.5. The number of sulfonamides is 1. The van der Waals surface area contributed by atoms with Crippen LogP contribution >= 0.6 is 31.9 Å². The maximum atomic E-state index is 13.0. The summed E-state index contributed by atoms with van der Waals surface area (Å²) in [6.07, 6.45) is 4.47. The Balaban J connectivity index is 0.000000216. The van der Waals surface area contributed by atoms with Crippen LogP contribution in [0.25, 0.3) is 0 Å². The molecule has 4 aliphatic rings. The van der Waals surface area contributed by atoms with E-state index in [1.54, 1.807) is 16.1 Å². The van der Waals surface area contributed by atoms with Gasteiger partial charge in [-0.05, 0) is 107 Å². The average molecular weight is 885 g/mol. The molecule has 3 saturated heterocycles. The molecule has 292 valence electrons. The summed E-state index contributed by atoms with van der Waals surface area (Å²) >= 11 is 6.69. The topological polar surface area (TPSA) is 143 Å². The fourth-order valence-corrected chi connectivity index (χ4v) is 10.1. The van der Waals surface area contributed by atoms with Crippen molar-refractivity contribution in [1.29, 1.82) is 0 Å². The number of ether oxygens (including phenoxy) is 1. The number of aromatic hydroxyl groups is 1. The summed E-state index contributed by atoms with van der Waals surface area (Å²) in [5, 5.41) is 12.9. The number of hydrogen-bond donors (Lipinski definition) is 2. The number of hydrogen-bond acceptors (Lipinski definition) is 8. The van der Waals surface area contributed by atoms with Gasteiger partial charge in [-0.2, -0.15) is 0 Å². The monoisotopic (exact) mass is 882 g/mol. The summed E-state index contributed by atoms with van der Waals surface area (Å²) in [7, 11) is -1.70. The van der Waals surface area contributed by atoms with Gasteiger partial charge in [-0.3, -0.25) is 9.69 Å². The fourth-order valence-electron chi connectivity index (χ4n) is 7.69. The molecule has 3 fully saturated rings. The number of carbonyl (C=O) groups is 3. The molecule has 0 bridgehead atoms. The minimum Gasteiger partial charge on any atom is -0.506 e. The number of anilines is 1. The second kappa shape index (κ2) is 18.6. The lowest BCUT2D eigenvalue weighted by Crippen LogP contribution is -2.55. The number of phenols is 1. The third-order valence-corrected chi connectivity index (χ3v) is 13.9. The number of rotatable bonds is 7. The van der Waals surface area contributed by atoms with Gasteiger partial charge in [0, 0.05) is 82.6 Å². The van der Waals surface area contributed by atoms with Crippen LogP contribution in [0, 0.1) is 5.92 Å². The van der Waals surface area contributed by atoms with Crippen LogP contribution in [0.3, 0.4) is 0 Å². The van der Waals surface area contributed by atoms with Crippen molar-refractivity contribution in [2.75, 3.05) is 77.1 Å². The van der Waals surface area contributed by atoms with E-state index in [2.05, 4.69) is 48.1 Å². The SMILES string of the molecule is CCS(=O)(=O)N1CCC(N2CCN(C(=O)[C@H](C)Cc3cc(Br)c(O)c(Br)c3)CC2)CC1.COC(=O)N1CCC(N2CCc3ccccc3NC2=O)CC1. The van der Waals surface area contributed by atoms with Crippen LogP contribution in [0.4, 0.5) is 15.3 Å². The molecule has 0 aromatic heterocycles. The van der Waals surface area contributed by atoms with Gasteiger partial charge in [0.05, 0.1) is 21.8 Å². The maximum absolute atomic E-state index is 13.0. The number of para-hydroxylation sites is 1. The number of urea groups is 1. The molecular formula is C37H52Br2N6O7S. The molecule has 4 heterocycles. The number of piperazine rings is 1. The minimum absolute atomic E-state index is 0.0403. The Morgan fingerprint density at radius 2 is 1.51 bits per heavy atom. The van der Waals surface area contributed by atoms with E-state index >= 15 is 0 Å². The zero-order chi connectivity index (χ0) is 38.3. The molecule has 16 heteroatoms. The molecule has 2 N–H and O–H groups in total. The molecule has 0 radical (unpaired) electrons. The Morgan fingerprint density at radius 1 is 0.906 bits per heavy atom. The van der Waals surface area contributed by atoms with Crippen molar-refractivity contribution in [2.24, 2.45) is 5.92 Å². The second-order valence-electron chi connectivity index (χ2n) is 14.1. The smallest absolute Gasteiger partial charge is 0.409 e. The Labute approximate surface area is 330 Å². The number of nitrogens with one attached hydrogen (secondary N) is 1. The number of benzene rings is 2. The zero-order valence-electron chi connectivity index (χ0n) is 30.8. The number of carbonyl (C=O) groups excluding carboxylic acids is 3. The van der Waals surface area contributed by atoms with Gasteiger partial charge in [0.15, 0.2) is 0 Å². The number of methoxy groups -OCH3 is 1. The summed E-state index contributed by atoms with van der Waals surface area (Å²) in [5.41, 5.74) is 3.07. The molecule has 0 aliphatic carbocycles. The molecular weight excluding hydrogens is 832 g/mol. The van der Waals surface area contributed by atoms with Gasteiger partial charge in [-0.1, -0.05) is 25.1 Å². The van der Waals surface area contributed by atoms with Gasteiger partial charge in [0.2, 0.25) is 15.9 Å². The summed E-state index contributed by atoms with van der Waals surface area (Å²) < 4.78 is 31.7. The molecule has 2 aromatic carbocycles. The number of piperidine rings is 2. The predicted molar refractivity (Wildman–Crippen MR) is 211 cm³/mol. The zero-order valence-corrected chi connectivity index (χ0v) is 34.8. The molecule has 4 amide bonds. The van der Waals surface area contributed by atoms with Crippen LogP contribution in [0.1, 0.15) is 50.7 Å². The van der Waals surface area contributed by atoms with Gasteiger partial charge < -0.3 is 29.9 Å². The van der Waals surface area contributed by atoms with E-state index in [1.807, 2.05) is 47.1 Å². The normalized spacial score (nSPS) is 20.1. The predicted octanol–water partition coefficient (Wildman–Crippen LogP) is 5.36. The molecule has 1 atom stereocenters. The molecule has 2 aromatic rings. The lowest BCUT2D eigenvalue weighted by Gasteiger charge is -2.42. The third-order valence-electron chi connectivity index (χ3n) is 10.8. The van der Waals surface area contributed by atoms with Crippen LogP contribution in [0.2, 0.25) is 0 Å². The summed E-state index contributed by atoms with van der Waals surface area (Å²) in [6, 6.07) is 12.2. The molecule has 0 unspecified atom stereocenters. The number of amides is 4. The van der Waals surface area contributed by atoms with Crippen LogP contribution in [0.5, 0.6) is 5.75 Å². The van der Waals surface area contributed by atoms with Crippen molar-refractivity contribution in [3.63, 3.8) is 0 Å². The first kappa shape index (κ1) is 41.2. The van der Waals surface area contributed by atoms with Crippen molar-refractivity contribution in [1.82, 2.24) is 23.9 Å². The number of halogens is 2. The Morgan fingerprint density at radius 3 is 2.11 bits per heavy atom. The van der Waals surface area contributed by atoms with Gasteiger partial charge in [-0.25, -0.2) is 22.3 Å². The number of fused-ring (bicyclic) bond motifs is 1. The van der Waals surface area contributed by atoms with Crippen molar-refractivity contribution in [3.05, 3.63) is 56.5 Å². The average Bonchev–Trinajstić information content (AvgIpc) is 3.34. The first-order chi connectivity index (χ1) is 25.3. The Hall–Kier alpha value is -2.92. The van der Waals surface area contributed by atoms with E-state index in [0.717, 1.165) is 56.4 Å². The fraction of sp³-hybridized carbons (Fsp3) is 0.595. The van der Waals surface area contributed by atoms with Gasteiger partial charge in [-0.15, -0.1) is 0 Å². The van der Waals surface area contributed by atoms with Crippen molar-refractivity contribution in [2.45, 2.75) is 64.5 Å². The molecule has 53 heavy (non-hydrogen) atoms. The first-order valence-electron chi connectivity index (χ1n) is 18.5. The highest BCUT2D eigenvalue weighted by molar-refractivity contribution is 9.11. The van der Waals surface area contributed by atoms with Crippen LogP contribution < -0.4 is 5.32 Å². The minimum atomic E-state index is -3.10. The molecule has 6 rings (SSSR count). The summed E-state index contributed by atoms with van der Waals surface area (Å²) in [4.78, 5) is 44.9. The number of nitrogens with zero attached hydrogens (tertiary/aromatic N) is 5. The van der Waals surface area contributed by atoms with E-state index in [0.29, 0.717) is 67.2 Å². The van der Waals surface area contributed by atoms with Crippen molar-refractivity contribution >= 4 is 65.6 Å². The molecule has 4 aliphatic heterocycles. The second-order valence-corrected chi connectivity index (χ2v) is 18.1. The van der Waals surface area contributed by atoms with Crippen LogP contribution in [0.15, 0.2) is 45.3 Å². The number of phenolic OH excluding ortho intramolecular Hbond substituents is 1. The van der Waals surface area contributed by atoms with E-state index in [-0.39, 0.29) is 41.5 Å². The van der Waals surface area contributed by atoms with Gasteiger partial charge in [0.1, 0.15) is 5.75 Å². The largest absolute Gasteiger partial charge is 0.506 e. The van der Waals surface area contributed by atoms with E-state index in [9.17, 15) is 27.9 Å². The van der Waals surface area contributed by atoms with Crippen molar-refractivity contribution < 1.29 is 32.6 Å². The van der Waals surface area contributed by atoms with E-state index in [1.165, 1.54) is 12.7 Å². The maximum Gasteiger partial charge on any atom is 0.409 e. The highest BCUT2D eigenvalue weighted by Crippen LogP contribution is 2.34. The van der Waals surface area contributed by atoms with E-state index < -0.39 is 10.0 Å². The molecule has 0 spiro atoms. The quantitative estimate of drug-likeness (QED) is 0.379. The first-order valence-corrected chi connectivity index (χ1v) is 21.7. The van der Waals surface area contributed by atoms with Crippen LogP contribution in [-0.4, -0.2) is 139 Å². The molecule has 0 saturated carbocycles. The summed E-state index contributed by atoms with van der Waals surface area (Å²) in [5.74, 6) is 0.340. The highest BCUT2D eigenvalue weighted by Gasteiger charge is 2.34. The lowest BCUT2D eigenvalue weighted by molar-refractivity contribution is -0.137. The van der Waals surface area contributed by atoms with Crippen molar-refractivity contribution in [3.8, 4) is 5.75 Å². The van der Waals surface area contributed by atoms with Crippen LogP contribution in [-0.2, 0) is 32.4 Å². The lowest BCUT2D eigenvalue weighted by atomic mass is 9.99. The van der Waals surface area contributed by atoms with Gasteiger partial charge in [0.25, 0.3) is 0 Å². The highest BCUT2D eigenvalue weighted by atomic mass is 79.9. The Bertz CT molecular complexity index is 1690. The number of likely N-dealkylation sites (tertiary alicyclic amines) is 1. The third kappa shape index (κ3) is 10.4. The summed E-state index contributed by atoms with van der Waals surface area (Å²) in [6.45, 7) is 9.89. The van der Waals surface area contributed by atoms with E-state index in [4.69, 9.17) is 4.74 Å². The molecule has 13 nitrogen and oxygen atoms in total. The standard InChI is InChI=1S/C21H31Br2N3O4S.C16H21N3O3/c1-3-31(29,30)26-6-4-17(5-7-26)24-8-10-25(11-9-24)21(28)15(2)12-16-13-18(22)20(27)19(23)14-16;1-22-16(21)18-9-7-13(8-10-18)19-11-6-12-4-2-3-5-14(12)17-15(19)20/h13-15,17,27H,3-12H2,1-2H3;2-5,13H,6-11H2,1H3,(H,17,20)/t15-;/m1./s1. The van der Waals surface area contributed by atoms with Gasteiger partial charge >= 0.3 is 12.1 Å².